The quantitative estimate of drug-likeness (QED) is 0.689. The summed E-state index contributed by atoms with van der Waals surface area (Å²) in [5.74, 6) is 1.33. The fourth-order valence-corrected chi connectivity index (χ4v) is 1.66. The molecule has 5 heteroatoms. The van der Waals surface area contributed by atoms with Gasteiger partial charge in [-0.25, -0.2) is 4.79 Å². The summed E-state index contributed by atoms with van der Waals surface area (Å²) in [6, 6.07) is 7.20. The lowest BCUT2D eigenvalue weighted by Gasteiger charge is -2.15. The minimum absolute atomic E-state index is 0.0498. The third kappa shape index (κ3) is 6.99. The van der Waals surface area contributed by atoms with Crippen molar-refractivity contribution in [3.05, 3.63) is 29.8 Å². The van der Waals surface area contributed by atoms with Gasteiger partial charge in [-0.3, -0.25) is 0 Å². The molecule has 0 spiro atoms. The summed E-state index contributed by atoms with van der Waals surface area (Å²) in [5, 5.41) is 14.5. The molecule has 0 aliphatic carbocycles. The fourth-order valence-electron chi connectivity index (χ4n) is 1.66. The van der Waals surface area contributed by atoms with Gasteiger partial charge in [0, 0.05) is 6.54 Å². The first-order valence-electron chi connectivity index (χ1n) is 7.42. The molecule has 3 N–H and O–H groups in total. The van der Waals surface area contributed by atoms with Crippen LogP contribution in [0.2, 0.25) is 0 Å². The van der Waals surface area contributed by atoms with Crippen molar-refractivity contribution in [3.63, 3.8) is 0 Å². The van der Waals surface area contributed by atoms with Gasteiger partial charge in [-0.05, 0) is 30.0 Å². The number of benzene rings is 1. The van der Waals surface area contributed by atoms with Gasteiger partial charge in [-0.15, -0.1) is 0 Å². The van der Waals surface area contributed by atoms with Crippen LogP contribution in [-0.4, -0.2) is 30.4 Å². The Kier molecular flexibility index (Phi) is 7.61. The van der Waals surface area contributed by atoms with E-state index in [0.29, 0.717) is 25.5 Å². The van der Waals surface area contributed by atoms with Gasteiger partial charge in [0.05, 0.1) is 19.3 Å². The van der Waals surface area contributed by atoms with Crippen molar-refractivity contribution >= 4 is 6.03 Å². The van der Waals surface area contributed by atoms with E-state index in [0.717, 1.165) is 11.3 Å². The normalized spacial score (nSPS) is 12.0. The Bertz CT molecular complexity index is 414. The van der Waals surface area contributed by atoms with Crippen LogP contribution in [0.15, 0.2) is 24.3 Å². The van der Waals surface area contributed by atoms with E-state index in [2.05, 4.69) is 24.5 Å². The Morgan fingerprint density at radius 2 is 1.95 bits per heavy atom. The van der Waals surface area contributed by atoms with E-state index in [1.807, 2.05) is 31.2 Å². The van der Waals surface area contributed by atoms with Crippen molar-refractivity contribution in [2.75, 3.05) is 13.2 Å². The van der Waals surface area contributed by atoms with E-state index < -0.39 is 0 Å². The molecule has 1 aromatic carbocycles. The third-order valence-corrected chi connectivity index (χ3v) is 3.01. The first kappa shape index (κ1) is 17.3. The molecular formula is C16H26N2O3. The fraction of sp³-hybridized carbons (Fsp3) is 0.562. The molecule has 0 aromatic heterocycles. The van der Waals surface area contributed by atoms with E-state index in [1.54, 1.807) is 0 Å². The lowest BCUT2D eigenvalue weighted by molar-refractivity contribution is 0.214. The van der Waals surface area contributed by atoms with Crippen LogP contribution in [0, 0.1) is 5.92 Å². The van der Waals surface area contributed by atoms with Crippen LogP contribution in [0.4, 0.5) is 4.79 Å². The lowest BCUT2D eigenvalue weighted by atomic mass is 10.2. The summed E-state index contributed by atoms with van der Waals surface area (Å²) in [6.07, 6.45) is 0.700. The third-order valence-electron chi connectivity index (χ3n) is 3.01. The summed E-state index contributed by atoms with van der Waals surface area (Å²) >= 11 is 0. The highest BCUT2D eigenvalue weighted by Crippen LogP contribution is 2.13. The predicted octanol–water partition coefficient (Wildman–Crippen LogP) is 2.29. The zero-order valence-corrected chi connectivity index (χ0v) is 13.1. The topological polar surface area (TPSA) is 70.6 Å². The van der Waals surface area contributed by atoms with Crippen LogP contribution >= 0.6 is 0 Å². The lowest BCUT2D eigenvalue weighted by Crippen LogP contribution is -2.43. The van der Waals surface area contributed by atoms with Crippen LogP contribution in [0.5, 0.6) is 5.75 Å². The first-order chi connectivity index (χ1) is 10.0. The van der Waals surface area contributed by atoms with E-state index in [4.69, 9.17) is 9.84 Å². The minimum atomic E-state index is -0.268. The number of aliphatic hydroxyl groups excluding tert-OH is 1. The molecule has 0 heterocycles. The first-order valence-corrected chi connectivity index (χ1v) is 7.42. The largest absolute Gasteiger partial charge is 0.493 e. The molecule has 0 saturated carbocycles. The van der Waals surface area contributed by atoms with Gasteiger partial charge >= 0.3 is 6.03 Å². The molecule has 1 atom stereocenters. The standard InChI is InChI=1S/C16H26N2O3/c1-4-14(10-19)18-16(20)17-9-13-5-7-15(8-6-13)21-11-12(2)3/h5-8,12,14,19H,4,9-11H2,1-3H3,(H2,17,18,20). The highest BCUT2D eigenvalue weighted by molar-refractivity contribution is 5.74. The van der Waals surface area contributed by atoms with E-state index in [1.165, 1.54) is 0 Å². The van der Waals surface area contributed by atoms with Gasteiger partial charge in [0.2, 0.25) is 0 Å². The molecule has 0 aliphatic rings. The molecule has 0 aliphatic heterocycles. The maximum Gasteiger partial charge on any atom is 0.315 e. The Labute approximate surface area is 126 Å². The zero-order valence-electron chi connectivity index (χ0n) is 13.1. The molecule has 21 heavy (non-hydrogen) atoms. The van der Waals surface area contributed by atoms with Crippen LogP contribution < -0.4 is 15.4 Å². The van der Waals surface area contributed by atoms with Gasteiger partial charge in [0.15, 0.2) is 0 Å². The molecule has 0 radical (unpaired) electrons. The molecule has 5 nitrogen and oxygen atoms in total. The summed E-state index contributed by atoms with van der Waals surface area (Å²) < 4.78 is 5.60. The van der Waals surface area contributed by atoms with Gasteiger partial charge in [-0.2, -0.15) is 0 Å². The van der Waals surface area contributed by atoms with Crippen molar-refractivity contribution in [1.29, 1.82) is 0 Å². The van der Waals surface area contributed by atoms with Crippen molar-refractivity contribution < 1.29 is 14.6 Å². The Hall–Kier alpha value is -1.75. The Morgan fingerprint density at radius 3 is 2.48 bits per heavy atom. The zero-order chi connectivity index (χ0) is 15.7. The van der Waals surface area contributed by atoms with Crippen molar-refractivity contribution in [2.45, 2.75) is 39.8 Å². The molecule has 0 fully saturated rings. The summed E-state index contributed by atoms with van der Waals surface area (Å²) in [4.78, 5) is 11.6. The van der Waals surface area contributed by atoms with Crippen LogP contribution in [0.1, 0.15) is 32.8 Å². The number of nitrogens with one attached hydrogen (secondary N) is 2. The molecule has 1 aromatic rings. The second kappa shape index (κ2) is 9.23. The van der Waals surface area contributed by atoms with Crippen LogP contribution in [-0.2, 0) is 6.54 Å². The number of urea groups is 1. The van der Waals surface area contributed by atoms with E-state index >= 15 is 0 Å². The summed E-state index contributed by atoms with van der Waals surface area (Å²) in [7, 11) is 0. The van der Waals surface area contributed by atoms with Crippen molar-refractivity contribution in [3.8, 4) is 5.75 Å². The Balaban J connectivity index is 2.36. The maximum atomic E-state index is 11.6. The predicted molar refractivity (Wildman–Crippen MR) is 83.3 cm³/mol. The number of rotatable bonds is 8. The molecule has 118 valence electrons. The van der Waals surface area contributed by atoms with Crippen molar-refractivity contribution in [1.82, 2.24) is 10.6 Å². The highest BCUT2D eigenvalue weighted by atomic mass is 16.5. The van der Waals surface area contributed by atoms with Gasteiger partial charge in [0.1, 0.15) is 5.75 Å². The number of hydrogen-bond donors (Lipinski definition) is 3. The highest BCUT2D eigenvalue weighted by Gasteiger charge is 2.08. The van der Waals surface area contributed by atoms with Gasteiger partial charge in [-0.1, -0.05) is 32.9 Å². The van der Waals surface area contributed by atoms with Gasteiger partial charge in [0.25, 0.3) is 0 Å². The smallest absolute Gasteiger partial charge is 0.315 e. The van der Waals surface area contributed by atoms with Crippen molar-refractivity contribution in [2.24, 2.45) is 5.92 Å². The molecule has 1 rings (SSSR count). The summed E-state index contributed by atoms with van der Waals surface area (Å²) in [5.41, 5.74) is 0.999. The molecule has 0 saturated heterocycles. The van der Waals surface area contributed by atoms with E-state index in [9.17, 15) is 4.79 Å². The SMILES string of the molecule is CCC(CO)NC(=O)NCc1ccc(OCC(C)C)cc1. The average molecular weight is 294 g/mol. The average Bonchev–Trinajstić information content (AvgIpc) is 2.49. The number of hydrogen-bond acceptors (Lipinski definition) is 3. The van der Waals surface area contributed by atoms with E-state index in [-0.39, 0.29) is 18.7 Å². The number of ether oxygens (including phenoxy) is 1. The Morgan fingerprint density at radius 1 is 1.29 bits per heavy atom. The molecule has 2 amide bonds. The number of carbonyl (C=O) groups excluding carboxylic acids is 1. The number of aliphatic hydroxyl groups is 1. The second-order valence-electron chi connectivity index (χ2n) is 5.46. The molecule has 0 bridgehead atoms. The summed E-state index contributed by atoms with van der Waals surface area (Å²) in [6.45, 7) is 7.21. The number of amides is 2. The second-order valence-corrected chi connectivity index (χ2v) is 5.46. The monoisotopic (exact) mass is 294 g/mol. The maximum absolute atomic E-state index is 11.6. The van der Waals surface area contributed by atoms with Crippen LogP contribution in [0.25, 0.3) is 0 Å². The van der Waals surface area contributed by atoms with Gasteiger partial charge < -0.3 is 20.5 Å². The minimum Gasteiger partial charge on any atom is -0.493 e. The van der Waals surface area contributed by atoms with Crippen LogP contribution in [0.3, 0.4) is 0 Å². The number of carbonyl (C=O) groups is 1. The molecule has 1 unspecified atom stereocenters. The molecular weight excluding hydrogens is 268 g/mol.